The Morgan fingerprint density at radius 1 is 1.53 bits per heavy atom. The van der Waals surface area contributed by atoms with E-state index < -0.39 is 0 Å². The second-order valence-corrected chi connectivity index (χ2v) is 5.29. The highest BCUT2D eigenvalue weighted by atomic mass is 19.1. The highest BCUT2D eigenvalue weighted by Crippen LogP contribution is 2.34. The minimum absolute atomic E-state index is 0.125. The van der Waals surface area contributed by atoms with Gasteiger partial charge in [-0.15, -0.1) is 0 Å². The van der Waals surface area contributed by atoms with Crippen LogP contribution < -0.4 is 10.6 Å². The maximum atomic E-state index is 13.5. The molecule has 2 N–H and O–H groups in total. The van der Waals surface area contributed by atoms with Crippen molar-refractivity contribution in [1.82, 2.24) is 0 Å². The zero-order valence-corrected chi connectivity index (χ0v) is 11.7. The van der Waals surface area contributed by atoms with E-state index in [2.05, 4.69) is 18.7 Å². The van der Waals surface area contributed by atoms with Crippen molar-refractivity contribution >= 4 is 5.69 Å². The van der Waals surface area contributed by atoms with Gasteiger partial charge >= 0.3 is 0 Å². The van der Waals surface area contributed by atoms with Crippen LogP contribution in [0.5, 0.6) is 0 Å². The first-order valence-corrected chi connectivity index (χ1v) is 6.96. The van der Waals surface area contributed by atoms with Gasteiger partial charge in [0.15, 0.2) is 0 Å². The van der Waals surface area contributed by atoms with Crippen molar-refractivity contribution in [2.45, 2.75) is 38.3 Å². The van der Waals surface area contributed by atoms with E-state index in [1.807, 2.05) is 6.07 Å². The third kappa shape index (κ3) is 2.90. The smallest absolute Gasteiger partial charge is 0.125 e. The van der Waals surface area contributed by atoms with Crippen molar-refractivity contribution in [1.29, 1.82) is 0 Å². The molecule has 4 heteroatoms. The Kier molecular flexibility index (Phi) is 4.42. The Morgan fingerprint density at radius 3 is 2.89 bits per heavy atom. The molecule has 1 fully saturated rings. The predicted molar refractivity (Wildman–Crippen MR) is 75.9 cm³/mol. The fourth-order valence-corrected chi connectivity index (χ4v) is 3.12. The molecule has 1 aliphatic heterocycles. The van der Waals surface area contributed by atoms with Gasteiger partial charge in [-0.2, -0.15) is 0 Å². The summed E-state index contributed by atoms with van der Waals surface area (Å²) in [5, 5.41) is 0. The molecule has 0 aromatic heterocycles. The van der Waals surface area contributed by atoms with E-state index in [-0.39, 0.29) is 17.5 Å². The lowest BCUT2D eigenvalue weighted by molar-refractivity contribution is -0.00739. The predicted octanol–water partition coefficient (Wildman–Crippen LogP) is 2.55. The molecule has 0 spiro atoms. The van der Waals surface area contributed by atoms with Crippen LogP contribution in [-0.4, -0.2) is 31.3 Å². The molecular weight excluding hydrogens is 243 g/mol. The normalized spacial score (nSPS) is 27.3. The fourth-order valence-electron chi connectivity index (χ4n) is 3.12. The summed E-state index contributed by atoms with van der Waals surface area (Å²) in [6, 6.07) is 6.75. The quantitative estimate of drug-likeness (QED) is 0.910. The van der Waals surface area contributed by atoms with E-state index in [4.69, 9.17) is 10.5 Å². The molecule has 19 heavy (non-hydrogen) atoms. The van der Waals surface area contributed by atoms with Gasteiger partial charge in [-0.25, -0.2) is 4.39 Å². The van der Waals surface area contributed by atoms with Crippen LogP contribution >= 0.6 is 0 Å². The molecule has 1 aromatic rings. The summed E-state index contributed by atoms with van der Waals surface area (Å²) in [6.45, 7) is 6.24. The monoisotopic (exact) mass is 266 g/mol. The highest BCUT2D eigenvalue weighted by molar-refractivity contribution is 5.49. The van der Waals surface area contributed by atoms with E-state index in [9.17, 15) is 4.39 Å². The maximum Gasteiger partial charge on any atom is 0.125 e. The second kappa shape index (κ2) is 5.88. The number of nitrogens with two attached hydrogens (primary N) is 1. The van der Waals surface area contributed by atoms with Gasteiger partial charge in [0.25, 0.3) is 0 Å². The van der Waals surface area contributed by atoms with Crippen molar-refractivity contribution < 1.29 is 9.13 Å². The second-order valence-electron chi connectivity index (χ2n) is 5.29. The molecule has 3 nitrogen and oxygen atoms in total. The minimum atomic E-state index is -0.205. The summed E-state index contributed by atoms with van der Waals surface area (Å²) >= 11 is 0. The van der Waals surface area contributed by atoms with Crippen molar-refractivity contribution in [3.05, 3.63) is 30.1 Å². The Morgan fingerprint density at radius 2 is 2.32 bits per heavy atom. The molecule has 1 heterocycles. The largest absolute Gasteiger partial charge is 0.378 e. The molecule has 0 radical (unpaired) electrons. The van der Waals surface area contributed by atoms with E-state index in [0.29, 0.717) is 13.2 Å². The first kappa shape index (κ1) is 14.3. The van der Waals surface area contributed by atoms with Crippen molar-refractivity contribution in [2.75, 3.05) is 24.6 Å². The molecular formula is C15H23FN2O. The lowest BCUT2D eigenvalue weighted by atomic mass is 9.84. The van der Waals surface area contributed by atoms with Crippen LogP contribution in [-0.2, 0) is 4.74 Å². The lowest BCUT2D eigenvalue weighted by Crippen LogP contribution is -2.58. The van der Waals surface area contributed by atoms with Crippen LogP contribution in [0.2, 0.25) is 0 Å². The molecule has 106 valence electrons. The van der Waals surface area contributed by atoms with Crippen molar-refractivity contribution in [3.63, 3.8) is 0 Å². The average molecular weight is 266 g/mol. The number of benzene rings is 1. The SMILES string of the molecule is CCN(c1cccc(F)c1)C1(CN)CCOC(C)C1. The summed E-state index contributed by atoms with van der Waals surface area (Å²) in [5.74, 6) is -0.205. The number of nitrogens with zero attached hydrogens (tertiary/aromatic N) is 1. The molecule has 0 bridgehead atoms. The minimum Gasteiger partial charge on any atom is -0.378 e. The Bertz CT molecular complexity index is 426. The number of rotatable bonds is 4. The lowest BCUT2D eigenvalue weighted by Gasteiger charge is -2.48. The van der Waals surface area contributed by atoms with Gasteiger partial charge in [0.05, 0.1) is 11.6 Å². The summed E-state index contributed by atoms with van der Waals surface area (Å²) in [4.78, 5) is 2.23. The molecule has 0 aliphatic carbocycles. The van der Waals surface area contributed by atoms with Crippen LogP contribution in [0, 0.1) is 5.82 Å². The number of likely N-dealkylation sites (N-methyl/N-ethyl adjacent to an activating group) is 1. The van der Waals surface area contributed by atoms with Gasteiger partial charge in [-0.05, 0) is 44.9 Å². The van der Waals surface area contributed by atoms with E-state index in [0.717, 1.165) is 25.1 Å². The van der Waals surface area contributed by atoms with Crippen molar-refractivity contribution in [2.24, 2.45) is 5.73 Å². The first-order valence-electron chi connectivity index (χ1n) is 6.96. The van der Waals surface area contributed by atoms with Gasteiger partial charge in [-0.3, -0.25) is 0 Å². The maximum absolute atomic E-state index is 13.5. The van der Waals surface area contributed by atoms with Crippen LogP contribution in [0.15, 0.2) is 24.3 Å². The molecule has 2 atom stereocenters. The zero-order valence-electron chi connectivity index (χ0n) is 11.7. The molecule has 1 saturated heterocycles. The van der Waals surface area contributed by atoms with Gasteiger partial charge in [-0.1, -0.05) is 6.07 Å². The first-order chi connectivity index (χ1) is 9.11. The Balaban J connectivity index is 2.33. The van der Waals surface area contributed by atoms with Crippen molar-refractivity contribution in [3.8, 4) is 0 Å². The van der Waals surface area contributed by atoms with E-state index >= 15 is 0 Å². The van der Waals surface area contributed by atoms with Gasteiger partial charge < -0.3 is 15.4 Å². The molecule has 2 unspecified atom stereocenters. The number of ether oxygens (including phenoxy) is 1. The molecule has 0 saturated carbocycles. The topological polar surface area (TPSA) is 38.5 Å². The molecule has 1 aliphatic rings. The standard InChI is InChI=1S/C15H23FN2O/c1-3-18(14-6-4-5-13(16)9-14)15(11-17)7-8-19-12(2)10-15/h4-6,9,12H,3,7-8,10-11,17H2,1-2H3. The van der Waals surface area contributed by atoms with Crippen LogP contribution in [0.4, 0.5) is 10.1 Å². The van der Waals surface area contributed by atoms with Gasteiger partial charge in [0.1, 0.15) is 5.82 Å². The fraction of sp³-hybridized carbons (Fsp3) is 0.600. The van der Waals surface area contributed by atoms with Crippen LogP contribution in [0.25, 0.3) is 0 Å². The number of anilines is 1. The summed E-state index contributed by atoms with van der Waals surface area (Å²) in [7, 11) is 0. The van der Waals surface area contributed by atoms with E-state index in [1.54, 1.807) is 12.1 Å². The summed E-state index contributed by atoms with van der Waals surface area (Å²) in [6.07, 6.45) is 1.96. The average Bonchev–Trinajstić information content (AvgIpc) is 2.39. The summed E-state index contributed by atoms with van der Waals surface area (Å²) < 4.78 is 19.1. The Hall–Kier alpha value is -1.13. The van der Waals surface area contributed by atoms with Crippen LogP contribution in [0.1, 0.15) is 26.7 Å². The summed E-state index contributed by atoms with van der Waals surface area (Å²) in [5.41, 5.74) is 6.84. The third-order valence-electron chi connectivity index (χ3n) is 4.03. The number of halogens is 1. The molecule has 2 rings (SSSR count). The van der Waals surface area contributed by atoms with E-state index in [1.165, 1.54) is 6.07 Å². The van der Waals surface area contributed by atoms with Gasteiger partial charge in [0, 0.05) is 25.4 Å². The molecule has 0 amide bonds. The molecule has 1 aromatic carbocycles. The van der Waals surface area contributed by atoms with Gasteiger partial charge in [0.2, 0.25) is 0 Å². The Labute approximate surface area is 114 Å². The highest BCUT2D eigenvalue weighted by Gasteiger charge is 2.39. The third-order valence-corrected chi connectivity index (χ3v) is 4.03. The number of hydrogen-bond acceptors (Lipinski definition) is 3. The van der Waals surface area contributed by atoms with Crippen LogP contribution in [0.3, 0.4) is 0 Å². The zero-order chi connectivity index (χ0) is 13.9. The number of hydrogen-bond donors (Lipinski definition) is 1.